The molecule has 0 saturated carbocycles. The Morgan fingerprint density at radius 2 is 1.94 bits per heavy atom. The van der Waals surface area contributed by atoms with Crippen molar-refractivity contribution >= 4 is 23.4 Å². The van der Waals surface area contributed by atoms with Crippen LogP contribution in [0.3, 0.4) is 0 Å². The predicted molar refractivity (Wildman–Crippen MR) is 65.4 cm³/mol. The second-order valence-corrected chi connectivity index (χ2v) is 4.99. The Bertz CT molecular complexity index is 267. The Morgan fingerprint density at radius 1 is 1.44 bits per heavy atom. The summed E-state index contributed by atoms with van der Waals surface area (Å²) in [6.07, 6.45) is 0. The monoisotopic (exact) mass is 248 g/mol. The van der Waals surface area contributed by atoms with E-state index in [4.69, 9.17) is 11.6 Å². The van der Waals surface area contributed by atoms with Crippen LogP contribution in [0.15, 0.2) is 0 Å². The smallest absolute Gasteiger partial charge is 0.229 e. The van der Waals surface area contributed by atoms with Gasteiger partial charge in [-0.3, -0.25) is 9.59 Å². The Balaban J connectivity index is 4.42. The van der Waals surface area contributed by atoms with Crippen LogP contribution in [0.2, 0.25) is 0 Å². The lowest BCUT2D eigenvalue weighted by molar-refractivity contribution is -0.139. The fourth-order valence-electron chi connectivity index (χ4n) is 1.40. The predicted octanol–water partition coefficient (Wildman–Crippen LogP) is 1.09. The number of hydrogen-bond acceptors (Lipinski definition) is 2. The van der Waals surface area contributed by atoms with Crippen molar-refractivity contribution in [3.63, 3.8) is 0 Å². The van der Waals surface area contributed by atoms with Crippen LogP contribution in [0.5, 0.6) is 0 Å². The number of hydrogen-bond donors (Lipinski definition) is 1. The molecule has 1 N–H and O–H groups in total. The second kappa shape index (κ2) is 6.09. The third-order valence-electron chi connectivity index (χ3n) is 2.50. The van der Waals surface area contributed by atoms with Crippen LogP contribution >= 0.6 is 11.6 Å². The van der Waals surface area contributed by atoms with Gasteiger partial charge >= 0.3 is 0 Å². The summed E-state index contributed by atoms with van der Waals surface area (Å²) in [5, 5.41) is 2.56. The molecule has 0 heterocycles. The third kappa shape index (κ3) is 4.00. The van der Waals surface area contributed by atoms with E-state index in [0.29, 0.717) is 6.54 Å². The molecule has 0 aliphatic rings. The van der Waals surface area contributed by atoms with Gasteiger partial charge in [-0.05, 0) is 13.8 Å². The zero-order chi connectivity index (χ0) is 12.9. The standard InChI is InChI=1S/C11H21ClN2O2/c1-8(9(15)13-4)6-14(5)10(16)11(2,3)7-12/h8H,6-7H2,1-5H3,(H,13,15). The van der Waals surface area contributed by atoms with Crippen LogP contribution in [0, 0.1) is 11.3 Å². The van der Waals surface area contributed by atoms with E-state index in [1.807, 2.05) is 0 Å². The molecule has 0 aromatic heterocycles. The number of carbonyl (C=O) groups excluding carboxylic acids is 2. The van der Waals surface area contributed by atoms with Gasteiger partial charge in [0.05, 0.1) is 11.3 Å². The Kier molecular flexibility index (Phi) is 5.79. The van der Waals surface area contributed by atoms with Crippen LogP contribution in [0.25, 0.3) is 0 Å². The Labute approximate surface area is 102 Å². The average molecular weight is 249 g/mol. The molecule has 0 bridgehead atoms. The normalized spacial score (nSPS) is 13.1. The van der Waals surface area contributed by atoms with Gasteiger partial charge in [0.15, 0.2) is 0 Å². The molecule has 1 unspecified atom stereocenters. The molecule has 16 heavy (non-hydrogen) atoms. The van der Waals surface area contributed by atoms with Gasteiger partial charge in [0, 0.05) is 26.5 Å². The summed E-state index contributed by atoms with van der Waals surface area (Å²) in [5.74, 6) is -0.0588. The number of amides is 2. The summed E-state index contributed by atoms with van der Waals surface area (Å²) < 4.78 is 0. The van der Waals surface area contributed by atoms with Gasteiger partial charge in [-0.1, -0.05) is 6.92 Å². The summed E-state index contributed by atoms with van der Waals surface area (Å²) in [7, 11) is 3.28. The summed E-state index contributed by atoms with van der Waals surface area (Å²) in [6.45, 7) is 5.78. The summed E-state index contributed by atoms with van der Waals surface area (Å²) >= 11 is 5.73. The number of alkyl halides is 1. The van der Waals surface area contributed by atoms with E-state index >= 15 is 0 Å². The Morgan fingerprint density at radius 3 is 2.31 bits per heavy atom. The van der Waals surface area contributed by atoms with Gasteiger partial charge in [0.25, 0.3) is 0 Å². The van der Waals surface area contributed by atoms with E-state index in [1.54, 1.807) is 39.8 Å². The largest absolute Gasteiger partial charge is 0.359 e. The number of nitrogens with one attached hydrogen (secondary N) is 1. The molecule has 94 valence electrons. The van der Waals surface area contributed by atoms with Crippen molar-refractivity contribution in [3.05, 3.63) is 0 Å². The maximum atomic E-state index is 12.0. The zero-order valence-corrected chi connectivity index (χ0v) is 11.4. The maximum Gasteiger partial charge on any atom is 0.229 e. The molecule has 5 heteroatoms. The number of carbonyl (C=O) groups is 2. The first kappa shape index (κ1) is 15.2. The van der Waals surface area contributed by atoms with E-state index in [1.165, 1.54) is 0 Å². The van der Waals surface area contributed by atoms with Crippen LogP contribution in [-0.2, 0) is 9.59 Å². The van der Waals surface area contributed by atoms with Crippen LogP contribution in [0.4, 0.5) is 0 Å². The highest BCUT2D eigenvalue weighted by molar-refractivity contribution is 6.19. The molecule has 1 atom stereocenters. The molecule has 0 aliphatic heterocycles. The lowest BCUT2D eigenvalue weighted by atomic mass is 9.94. The topological polar surface area (TPSA) is 49.4 Å². The van der Waals surface area contributed by atoms with Crippen molar-refractivity contribution in [2.45, 2.75) is 20.8 Å². The van der Waals surface area contributed by atoms with Crippen molar-refractivity contribution in [1.82, 2.24) is 10.2 Å². The molecular formula is C11H21ClN2O2. The lowest BCUT2D eigenvalue weighted by Crippen LogP contribution is -2.43. The number of nitrogens with zero attached hydrogens (tertiary/aromatic N) is 1. The fourth-order valence-corrected chi connectivity index (χ4v) is 1.51. The zero-order valence-electron chi connectivity index (χ0n) is 10.6. The van der Waals surface area contributed by atoms with Gasteiger partial charge in [0.2, 0.25) is 11.8 Å². The van der Waals surface area contributed by atoms with Gasteiger partial charge in [-0.25, -0.2) is 0 Å². The Hall–Kier alpha value is -0.770. The molecular weight excluding hydrogens is 228 g/mol. The first-order chi connectivity index (χ1) is 7.26. The molecule has 0 saturated heterocycles. The minimum atomic E-state index is -0.585. The fraction of sp³-hybridized carbons (Fsp3) is 0.818. The van der Waals surface area contributed by atoms with E-state index in [-0.39, 0.29) is 23.6 Å². The number of halogens is 1. The minimum absolute atomic E-state index is 0.0433. The van der Waals surface area contributed by atoms with Crippen molar-refractivity contribution in [3.8, 4) is 0 Å². The highest BCUT2D eigenvalue weighted by Gasteiger charge is 2.30. The second-order valence-electron chi connectivity index (χ2n) is 4.72. The van der Waals surface area contributed by atoms with Crippen molar-refractivity contribution in [1.29, 1.82) is 0 Å². The van der Waals surface area contributed by atoms with Crippen LogP contribution < -0.4 is 5.32 Å². The maximum absolute atomic E-state index is 12.0. The number of rotatable bonds is 5. The van der Waals surface area contributed by atoms with E-state index in [9.17, 15) is 9.59 Å². The highest BCUT2D eigenvalue weighted by atomic mass is 35.5. The SMILES string of the molecule is CNC(=O)C(C)CN(C)C(=O)C(C)(C)CCl. The minimum Gasteiger partial charge on any atom is -0.359 e. The van der Waals surface area contributed by atoms with Gasteiger partial charge in [-0.15, -0.1) is 11.6 Å². The quantitative estimate of drug-likeness (QED) is 0.741. The molecule has 4 nitrogen and oxygen atoms in total. The molecule has 0 fully saturated rings. The van der Waals surface area contributed by atoms with Crippen molar-refractivity contribution in [2.75, 3.05) is 26.5 Å². The van der Waals surface area contributed by atoms with E-state index < -0.39 is 5.41 Å². The van der Waals surface area contributed by atoms with E-state index in [2.05, 4.69) is 5.32 Å². The summed E-state index contributed by atoms with van der Waals surface area (Å²) in [4.78, 5) is 24.8. The molecule has 0 radical (unpaired) electrons. The first-order valence-corrected chi connectivity index (χ1v) is 5.82. The highest BCUT2D eigenvalue weighted by Crippen LogP contribution is 2.20. The van der Waals surface area contributed by atoms with Gasteiger partial charge < -0.3 is 10.2 Å². The molecule has 0 aromatic carbocycles. The summed E-state index contributed by atoms with van der Waals surface area (Å²) in [6, 6.07) is 0. The van der Waals surface area contributed by atoms with E-state index in [0.717, 1.165) is 0 Å². The van der Waals surface area contributed by atoms with Gasteiger partial charge in [0.1, 0.15) is 0 Å². The molecule has 0 aromatic rings. The van der Waals surface area contributed by atoms with Crippen molar-refractivity contribution in [2.24, 2.45) is 11.3 Å². The molecule has 0 aliphatic carbocycles. The van der Waals surface area contributed by atoms with Crippen LogP contribution in [-0.4, -0.2) is 43.2 Å². The molecule has 0 rings (SSSR count). The van der Waals surface area contributed by atoms with Crippen molar-refractivity contribution < 1.29 is 9.59 Å². The van der Waals surface area contributed by atoms with Gasteiger partial charge in [-0.2, -0.15) is 0 Å². The average Bonchev–Trinajstić information content (AvgIpc) is 2.26. The third-order valence-corrected chi connectivity index (χ3v) is 3.17. The van der Waals surface area contributed by atoms with Crippen LogP contribution in [0.1, 0.15) is 20.8 Å². The summed E-state index contributed by atoms with van der Waals surface area (Å²) in [5.41, 5.74) is -0.585. The molecule has 0 spiro atoms. The lowest BCUT2D eigenvalue weighted by Gasteiger charge is -2.29. The molecule has 2 amide bonds. The first-order valence-electron chi connectivity index (χ1n) is 5.29.